The number of thiocarbonyl (C=S) groups is 1. The maximum absolute atomic E-state index is 5.87. The Kier molecular flexibility index (Phi) is 4.40. The molecule has 0 aliphatic heterocycles. The van der Waals surface area contributed by atoms with E-state index in [1.54, 1.807) is 0 Å². The zero-order valence-corrected chi connectivity index (χ0v) is 12.2. The van der Waals surface area contributed by atoms with Crippen molar-refractivity contribution in [3.05, 3.63) is 64.7 Å². The Morgan fingerprint density at radius 2 is 1.68 bits per heavy atom. The maximum atomic E-state index is 5.87. The van der Waals surface area contributed by atoms with Crippen molar-refractivity contribution in [3.63, 3.8) is 0 Å². The molecule has 2 nitrogen and oxygen atoms in total. The molecule has 2 N–H and O–H groups in total. The van der Waals surface area contributed by atoms with Crippen LogP contribution < -0.4 is 10.6 Å². The summed E-state index contributed by atoms with van der Waals surface area (Å²) >= 11 is 10.8. The van der Waals surface area contributed by atoms with Crippen molar-refractivity contribution >= 4 is 34.5 Å². The van der Waals surface area contributed by atoms with E-state index in [9.17, 15) is 0 Å². The Bertz CT molecular complexity index is 564. The molecule has 0 heterocycles. The van der Waals surface area contributed by atoms with E-state index < -0.39 is 0 Å². The fourth-order valence-corrected chi connectivity index (χ4v) is 2.10. The smallest absolute Gasteiger partial charge is 0.103 e. The number of anilines is 1. The second kappa shape index (κ2) is 6.04. The van der Waals surface area contributed by atoms with E-state index >= 15 is 0 Å². The lowest BCUT2D eigenvalue weighted by Gasteiger charge is -2.19. The zero-order valence-electron chi connectivity index (χ0n) is 10.6. The molecule has 0 bridgehead atoms. The van der Waals surface area contributed by atoms with E-state index in [2.05, 4.69) is 4.90 Å². The van der Waals surface area contributed by atoms with Gasteiger partial charge in [0.05, 0.1) is 0 Å². The summed E-state index contributed by atoms with van der Waals surface area (Å²) < 4.78 is 0. The predicted molar refractivity (Wildman–Crippen MR) is 85.9 cm³/mol. The van der Waals surface area contributed by atoms with Gasteiger partial charge in [-0.15, -0.1) is 0 Å². The minimum Gasteiger partial charge on any atom is -0.389 e. The van der Waals surface area contributed by atoms with Gasteiger partial charge >= 0.3 is 0 Å². The fraction of sp³-hybridized carbons (Fsp3) is 0.133. The lowest BCUT2D eigenvalue weighted by molar-refractivity contribution is 0.923. The number of benzene rings is 2. The molecule has 2 aromatic carbocycles. The average molecular weight is 291 g/mol. The summed E-state index contributed by atoms with van der Waals surface area (Å²) in [7, 11) is 2.05. The van der Waals surface area contributed by atoms with Crippen LogP contribution >= 0.6 is 23.8 Å². The number of hydrogen-bond acceptors (Lipinski definition) is 2. The van der Waals surface area contributed by atoms with Gasteiger partial charge in [0.15, 0.2) is 0 Å². The highest BCUT2D eigenvalue weighted by Crippen LogP contribution is 2.17. The van der Waals surface area contributed by atoms with Crippen LogP contribution in [0.4, 0.5) is 5.69 Å². The summed E-state index contributed by atoms with van der Waals surface area (Å²) in [5, 5.41) is 0.757. The van der Waals surface area contributed by atoms with Crippen molar-refractivity contribution < 1.29 is 0 Å². The Balaban J connectivity index is 2.09. The van der Waals surface area contributed by atoms with E-state index in [1.807, 2.05) is 55.6 Å². The quantitative estimate of drug-likeness (QED) is 0.872. The van der Waals surface area contributed by atoms with E-state index in [4.69, 9.17) is 29.6 Å². The van der Waals surface area contributed by atoms with Gasteiger partial charge in [0, 0.05) is 29.9 Å². The number of halogens is 1. The normalized spacial score (nSPS) is 10.2. The molecular weight excluding hydrogens is 276 g/mol. The topological polar surface area (TPSA) is 29.3 Å². The van der Waals surface area contributed by atoms with Gasteiger partial charge in [0.25, 0.3) is 0 Å². The molecule has 0 amide bonds. The van der Waals surface area contributed by atoms with Crippen LogP contribution in [0.5, 0.6) is 0 Å². The van der Waals surface area contributed by atoms with Crippen molar-refractivity contribution in [2.24, 2.45) is 5.73 Å². The largest absolute Gasteiger partial charge is 0.389 e. The number of nitrogens with two attached hydrogens (primary N) is 1. The third-order valence-electron chi connectivity index (χ3n) is 2.93. The summed E-state index contributed by atoms with van der Waals surface area (Å²) in [6.45, 7) is 0.823. The van der Waals surface area contributed by atoms with Gasteiger partial charge in [-0.05, 0) is 42.0 Å². The molecule has 98 valence electrons. The summed E-state index contributed by atoms with van der Waals surface area (Å²) in [5.74, 6) is 0. The van der Waals surface area contributed by atoms with Crippen molar-refractivity contribution in [3.8, 4) is 0 Å². The van der Waals surface area contributed by atoms with Gasteiger partial charge in [-0.1, -0.05) is 36.0 Å². The number of hydrogen-bond donors (Lipinski definition) is 1. The number of rotatable bonds is 4. The predicted octanol–water partition coefficient (Wildman–Crippen LogP) is 3.61. The first-order chi connectivity index (χ1) is 9.06. The molecule has 0 aliphatic rings. The minimum atomic E-state index is 0.423. The van der Waals surface area contributed by atoms with Crippen LogP contribution in [0.3, 0.4) is 0 Å². The van der Waals surface area contributed by atoms with Gasteiger partial charge in [0.1, 0.15) is 4.99 Å². The van der Waals surface area contributed by atoms with Gasteiger partial charge < -0.3 is 10.6 Å². The monoisotopic (exact) mass is 290 g/mol. The van der Waals surface area contributed by atoms with E-state index in [0.717, 1.165) is 22.8 Å². The van der Waals surface area contributed by atoms with Crippen LogP contribution in [0.15, 0.2) is 48.5 Å². The Labute approximate surface area is 123 Å². The third kappa shape index (κ3) is 3.69. The Hall–Kier alpha value is -1.58. The fourth-order valence-electron chi connectivity index (χ4n) is 1.84. The van der Waals surface area contributed by atoms with Crippen LogP contribution in [0.2, 0.25) is 5.02 Å². The summed E-state index contributed by atoms with van der Waals surface area (Å²) in [5.41, 5.74) is 8.80. The average Bonchev–Trinajstić information content (AvgIpc) is 2.41. The van der Waals surface area contributed by atoms with Crippen LogP contribution in [-0.4, -0.2) is 12.0 Å². The van der Waals surface area contributed by atoms with E-state index in [-0.39, 0.29) is 0 Å². The molecule has 0 spiro atoms. The molecule has 0 fully saturated rings. The van der Waals surface area contributed by atoms with Crippen LogP contribution in [0.25, 0.3) is 0 Å². The highest BCUT2D eigenvalue weighted by atomic mass is 35.5. The summed E-state index contributed by atoms with van der Waals surface area (Å²) in [4.78, 5) is 2.58. The van der Waals surface area contributed by atoms with Crippen LogP contribution in [0, 0.1) is 0 Å². The molecule has 0 radical (unpaired) electrons. The van der Waals surface area contributed by atoms with E-state index in [0.29, 0.717) is 4.99 Å². The highest BCUT2D eigenvalue weighted by molar-refractivity contribution is 7.80. The Morgan fingerprint density at radius 1 is 1.11 bits per heavy atom. The van der Waals surface area contributed by atoms with Gasteiger partial charge in [-0.3, -0.25) is 0 Å². The number of nitrogens with zero attached hydrogens (tertiary/aromatic N) is 1. The molecule has 2 aromatic rings. The zero-order chi connectivity index (χ0) is 13.8. The molecule has 0 atom stereocenters. The summed E-state index contributed by atoms with van der Waals surface area (Å²) in [6.07, 6.45) is 0. The van der Waals surface area contributed by atoms with Crippen molar-refractivity contribution in [2.75, 3.05) is 11.9 Å². The molecule has 0 aliphatic carbocycles. The third-order valence-corrected chi connectivity index (χ3v) is 3.41. The van der Waals surface area contributed by atoms with Gasteiger partial charge in [-0.25, -0.2) is 0 Å². The van der Waals surface area contributed by atoms with E-state index in [1.165, 1.54) is 5.56 Å². The second-order valence-corrected chi connectivity index (χ2v) is 5.27. The van der Waals surface area contributed by atoms with Crippen molar-refractivity contribution in [1.82, 2.24) is 0 Å². The molecular formula is C15H15ClN2S. The molecule has 0 saturated heterocycles. The van der Waals surface area contributed by atoms with Crippen LogP contribution in [0.1, 0.15) is 11.1 Å². The minimum absolute atomic E-state index is 0.423. The lowest BCUT2D eigenvalue weighted by atomic mass is 10.1. The van der Waals surface area contributed by atoms with Crippen molar-refractivity contribution in [2.45, 2.75) is 6.54 Å². The Morgan fingerprint density at radius 3 is 2.21 bits per heavy atom. The molecule has 0 unspecified atom stereocenters. The first kappa shape index (κ1) is 13.8. The SMILES string of the molecule is CN(Cc1ccc(Cl)cc1)c1ccc(C(N)=S)cc1. The standard InChI is InChI=1S/C15H15ClN2S/c1-18(10-11-2-6-13(16)7-3-11)14-8-4-12(5-9-14)15(17)19/h2-9H,10H2,1H3,(H2,17,19). The first-order valence-corrected chi connectivity index (χ1v) is 6.70. The maximum Gasteiger partial charge on any atom is 0.103 e. The van der Waals surface area contributed by atoms with Crippen LogP contribution in [-0.2, 0) is 6.54 Å². The molecule has 0 aromatic heterocycles. The van der Waals surface area contributed by atoms with Crippen molar-refractivity contribution in [1.29, 1.82) is 0 Å². The lowest BCUT2D eigenvalue weighted by Crippen LogP contribution is -2.16. The molecule has 4 heteroatoms. The van der Waals surface area contributed by atoms with Gasteiger partial charge in [-0.2, -0.15) is 0 Å². The molecule has 2 rings (SSSR count). The molecule has 19 heavy (non-hydrogen) atoms. The van der Waals surface area contributed by atoms with Gasteiger partial charge in [0.2, 0.25) is 0 Å². The highest BCUT2D eigenvalue weighted by Gasteiger charge is 2.03. The first-order valence-electron chi connectivity index (χ1n) is 5.92. The molecule has 0 saturated carbocycles. The summed E-state index contributed by atoms with van der Waals surface area (Å²) in [6, 6.07) is 15.8. The second-order valence-electron chi connectivity index (χ2n) is 4.39.